The van der Waals surface area contributed by atoms with Crippen molar-refractivity contribution in [3.63, 3.8) is 0 Å². The topological polar surface area (TPSA) is 58.7 Å². The molecule has 2 N–H and O–H groups in total. The van der Waals surface area contributed by atoms with Crippen LogP contribution in [0.3, 0.4) is 0 Å². The molecule has 96 valence electrons. The molecule has 1 amide bonds. The van der Waals surface area contributed by atoms with Crippen LogP contribution in [-0.2, 0) is 11.3 Å². The number of benzene rings is 1. The highest BCUT2D eigenvalue weighted by Crippen LogP contribution is 2.20. The lowest BCUT2D eigenvalue weighted by Gasteiger charge is -2.14. The van der Waals surface area contributed by atoms with E-state index < -0.39 is 0 Å². The quantitative estimate of drug-likeness (QED) is 0.879. The van der Waals surface area contributed by atoms with Gasteiger partial charge in [-0.3, -0.25) is 4.79 Å². The predicted molar refractivity (Wildman–Crippen MR) is 67.2 cm³/mol. The molecule has 4 nitrogen and oxygen atoms in total. The standard InChI is InChI=1S/C13H16FN3O/c1-9-12(6-7-15)13(18)17(16-9)8-10-2-4-11(14)5-3-10/h2-5,12H,6-8,15H2,1H3. The molecule has 0 saturated carbocycles. The average Bonchev–Trinajstić information content (AvgIpc) is 2.60. The molecule has 0 saturated heterocycles. The van der Waals surface area contributed by atoms with Gasteiger partial charge in [0.1, 0.15) is 5.82 Å². The minimum Gasteiger partial charge on any atom is -0.330 e. The molecular formula is C13H16FN3O. The molecule has 0 bridgehead atoms. The van der Waals surface area contributed by atoms with Crippen LogP contribution in [0.1, 0.15) is 18.9 Å². The summed E-state index contributed by atoms with van der Waals surface area (Å²) in [6.45, 7) is 2.67. The molecule has 1 atom stereocenters. The van der Waals surface area contributed by atoms with Gasteiger partial charge in [-0.1, -0.05) is 12.1 Å². The Morgan fingerprint density at radius 2 is 2.06 bits per heavy atom. The highest BCUT2D eigenvalue weighted by atomic mass is 19.1. The molecule has 0 spiro atoms. The fourth-order valence-corrected chi connectivity index (χ4v) is 2.04. The number of hydrazone groups is 1. The smallest absolute Gasteiger partial charge is 0.251 e. The lowest BCUT2D eigenvalue weighted by Crippen LogP contribution is -2.28. The summed E-state index contributed by atoms with van der Waals surface area (Å²) in [5.74, 6) is -0.509. The third-order valence-electron chi connectivity index (χ3n) is 3.04. The van der Waals surface area contributed by atoms with E-state index in [9.17, 15) is 9.18 Å². The molecule has 1 aliphatic rings. The lowest BCUT2D eigenvalue weighted by atomic mass is 10.0. The van der Waals surface area contributed by atoms with Crippen LogP contribution >= 0.6 is 0 Å². The molecule has 1 aromatic carbocycles. The van der Waals surface area contributed by atoms with E-state index in [1.165, 1.54) is 17.1 Å². The van der Waals surface area contributed by atoms with E-state index in [2.05, 4.69) is 5.10 Å². The van der Waals surface area contributed by atoms with Crippen molar-refractivity contribution in [2.75, 3.05) is 6.54 Å². The molecule has 0 radical (unpaired) electrons. The number of carbonyl (C=O) groups is 1. The van der Waals surface area contributed by atoms with Crippen LogP contribution in [0.2, 0.25) is 0 Å². The molecule has 5 heteroatoms. The van der Waals surface area contributed by atoms with Crippen molar-refractivity contribution in [1.82, 2.24) is 5.01 Å². The van der Waals surface area contributed by atoms with E-state index in [1.54, 1.807) is 12.1 Å². The zero-order valence-corrected chi connectivity index (χ0v) is 10.3. The minimum atomic E-state index is -0.285. The van der Waals surface area contributed by atoms with Crippen LogP contribution in [0.4, 0.5) is 4.39 Å². The third-order valence-corrected chi connectivity index (χ3v) is 3.04. The van der Waals surface area contributed by atoms with Crippen LogP contribution in [0.5, 0.6) is 0 Å². The van der Waals surface area contributed by atoms with Gasteiger partial charge in [-0.2, -0.15) is 5.10 Å². The summed E-state index contributed by atoms with van der Waals surface area (Å²) >= 11 is 0. The van der Waals surface area contributed by atoms with Gasteiger partial charge in [0.05, 0.1) is 12.5 Å². The van der Waals surface area contributed by atoms with Crippen LogP contribution in [0.25, 0.3) is 0 Å². The van der Waals surface area contributed by atoms with Crippen molar-refractivity contribution in [2.45, 2.75) is 19.9 Å². The number of nitrogens with two attached hydrogens (primary N) is 1. The van der Waals surface area contributed by atoms with Gasteiger partial charge in [0.25, 0.3) is 5.91 Å². The highest BCUT2D eigenvalue weighted by Gasteiger charge is 2.32. The summed E-state index contributed by atoms with van der Waals surface area (Å²) in [5.41, 5.74) is 7.13. The molecule has 2 rings (SSSR count). The van der Waals surface area contributed by atoms with Gasteiger partial charge in [0, 0.05) is 5.71 Å². The summed E-state index contributed by atoms with van der Waals surface area (Å²) in [5, 5.41) is 5.67. The number of halogens is 1. The Balaban J connectivity index is 2.07. The first-order valence-electron chi connectivity index (χ1n) is 5.93. The van der Waals surface area contributed by atoms with Crippen molar-refractivity contribution >= 4 is 11.6 Å². The Morgan fingerprint density at radius 1 is 1.39 bits per heavy atom. The van der Waals surface area contributed by atoms with Gasteiger partial charge < -0.3 is 5.73 Å². The van der Waals surface area contributed by atoms with E-state index in [-0.39, 0.29) is 17.6 Å². The molecule has 18 heavy (non-hydrogen) atoms. The first-order valence-corrected chi connectivity index (χ1v) is 5.93. The predicted octanol–water partition coefficient (Wildman–Crippen LogP) is 1.51. The van der Waals surface area contributed by atoms with Gasteiger partial charge in [-0.25, -0.2) is 9.40 Å². The van der Waals surface area contributed by atoms with Crippen LogP contribution in [0, 0.1) is 11.7 Å². The number of hydrogen-bond acceptors (Lipinski definition) is 3. The van der Waals surface area contributed by atoms with Crippen LogP contribution < -0.4 is 5.73 Å². The SMILES string of the molecule is CC1=NN(Cc2ccc(F)cc2)C(=O)C1CCN. The summed E-state index contributed by atoms with van der Waals surface area (Å²) < 4.78 is 12.8. The number of nitrogens with zero attached hydrogens (tertiary/aromatic N) is 2. The highest BCUT2D eigenvalue weighted by molar-refractivity contribution is 6.06. The van der Waals surface area contributed by atoms with Crippen LogP contribution in [-0.4, -0.2) is 23.2 Å². The molecule has 1 aliphatic heterocycles. The van der Waals surface area contributed by atoms with E-state index in [0.717, 1.165) is 11.3 Å². The molecule has 0 fully saturated rings. The summed E-state index contributed by atoms with van der Waals surface area (Å²) in [7, 11) is 0. The molecule has 0 aliphatic carbocycles. The van der Waals surface area contributed by atoms with Crippen molar-refractivity contribution in [3.05, 3.63) is 35.6 Å². The Kier molecular flexibility index (Phi) is 3.72. The third kappa shape index (κ3) is 2.56. The van der Waals surface area contributed by atoms with Gasteiger partial charge in [-0.15, -0.1) is 0 Å². The largest absolute Gasteiger partial charge is 0.330 e. The van der Waals surface area contributed by atoms with E-state index in [4.69, 9.17) is 5.73 Å². The first-order chi connectivity index (χ1) is 8.61. The zero-order chi connectivity index (χ0) is 13.1. The fourth-order valence-electron chi connectivity index (χ4n) is 2.04. The second kappa shape index (κ2) is 5.27. The normalized spacial score (nSPS) is 19.3. The van der Waals surface area contributed by atoms with Crippen LogP contribution in [0.15, 0.2) is 29.4 Å². The maximum atomic E-state index is 12.8. The van der Waals surface area contributed by atoms with Crippen molar-refractivity contribution in [2.24, 2.45) is 16.8 Å². The van der Waals surface area contributed by atoms with Crippen molar-refractivity contribution < 1.29 is 9.18 Å². The summed E-state index contributed by atoms with van der Waals surface area (Å²) in [4.78, 5) is 12.1. The first kappa shape index (κ1) is 12.7. The van der Waals surface area contributed by atoms with Gasteiger partial charge in [0.15, 0.2) is 0 Å². The number of hydrogen-bond donors (Lipinski definition) is 1. The van der Waals surface area contributed by atoms with Gasteiger partial charge in [0.2, 0.25) is 0 Å². The minimum absolute atomic E-state index is 0.0257. The van der Waals surface area contributed by atoms with E-state index in [0.29, 0.717) is 19.5 Å². The number of carbonyl (C=O) groups excluding carboxylic acids is 1. The Labute approximate surface area is 105 Å². The zero-order valence-electron chi connectivity index (χ0n) is 10.3. The van der Waals surface area contributed by atoms with Crippen molar-refractivity contribution in [1.29, 1.82) is 0 Å². The summed E-state index contributed by atoms with van der Waals surface area (Å²) in [6.07, 6.45) is 0.619. The molecule has 1 heterocycles. The lowest BCUT2D eigenvalue weighted by molar-refractivity contribution is -0.132. The molecular weight excluding hydrogens is 233 g/mol. The van der Waals surface area contributed by atoms with E-state index in [1.807, 2.05) is 6.92 Å². The number of amides is 1. The second-order valence-corrected chi connectivity index (χ2v) is 4.39. The maximum absolute atomic E-state index is 12.8. The Bertz CT molecular complexity index is 470. The van der Waals surface area contributed by atoms with Crippen molar-refractivity contribution in [3.8, 4) is 0 Å². The fraction of sp³-hybridized carbons (Fsp3) is 0.385. The second-order valence-electron chi connectivity index (χ2n) is 4.39. The Morgan fingerprint density at radius 3 is 2.67 bits per heavy atom. The number of rotatable bonds is 4. The molecule has 1 aromatic rings. The molecule has 0 aromatic heterocycles. The van der Waals surface area contributed by atoms with Gasteiger partial charge >= 0.3 is 0 Å². The Hall–Kier alpha value is -1.75. The monoisotopic (exact) mass is 249 g/mol. The summed E-state index contributed by atoms with van der Waals surface area (Å²) in [6, 6.07) is 6.07. The van der Waals surface area contributed by atoms with E-state index >= 15 is 0 Å². The van der Waals surface area contributed by atoms with Gasteiger partial charge in [-0.05, 0) is 37.6 Å². The average molecular weight is 249 g/mol. The maximum Gasteiger partial charge on any atom is 0.251 e. The molecule has 1 unspecified atom stereocenters.